The maximum atomic E-state index is 14.5. The standard InChI is InChI=1S/C36H38F3N3O4S/c1-4-27(3)40-35(44)33(22-28-15-7-5-8-16-28)41(24-29-17-12-11-14-26(29)2)34(43)25-42(47(45,46)32-20-9-6-10-21-32)31-19-13-18-30(23-31)36(37,38)39/h5-21,23,27,33H,4,22,24-25H2,1-3H3,(H,40,44). The second-order valence-corrected chi connectivity index (χ2v) is 13.2. The Bertz CT molecular complexity index is 1770. The lowest BCUT2D eigenvalue weighted by molar-refractivity contribution is -0.140. The van der Waals surface area contributed by atoms with Crippen LogP contribution in [0.1, 0.15) is 42.5 Å². The summed E-state index contributed by atoms with van der Waals surface area (Å²) >= 11 is 0. The molecule has 0 aliphatic rings. The normalized spacial score (nSPS) is 13.0. The monoisotopic (exact) mass is 665 g/mol. The minimum atomic E-state index is -4.76. The summed E-state index contributed by atoms with van der Waals surface area (Å²) in [4.78, 5) is 29.5. The molecule has 0 bridgehead atoms. The lowest BCUT2D eigenvalue weighted by Gasteiger charge is -2.34. The molecule has 0 saturated carbocycles. The van der Waals surface area contributed by atoms with Gasteiger partial charge in [0.1, 0.15) is 12.6 Å². The van der Waals surface area contributed by atoms with Gasteiger partial charge in [0.25, 0.3) is 10.0 Å². The minimum absolute atomic E-state index is 0.0429. The highest BCUT2D eigenvalue weighted by Gasteiger charge is 2.36. The molecule has 0 fully saturated rings. The number of hydrogen-bond donors (Lipinski definition) is 1. The van der Waals surface area contributed by atoms with Crippen LogP contribution in [0.3, 0.4) is 0 Å². The van der Waals surface area contributed by atoms with E-state index in [1.165, 1.54) is 35.2 Å². The molecule has 2 amide bonds. The Morgan fingerprint density at radius 2 is 1.47 bits per heavy atom. The summed E-state index contributed by atoms with van der Waals surface area (Å²) in [6.07, 6.45) is -4.00. The number of anilines is 1. The molecule has 0 aliphatic carbocycles. The van der Waals surface area contributed by atoms with E-state index in [1.807, 2.05) is 69.3 Å². The van der Waals surface area contributed by atoms with Gasteiger partial charge in [-0.05, 0) is 67.3 Å². The summed E-state index contributed by atoms with van der Waals surface area (Å²) in [6, 6.07) is 26.2. The molecule has 1 N–H and O–H groups in total. The third-order valence-electron chi connectivity index (χ3n) is 7.95. The molecule has 248 valence electrons. The van der Waals surface area contributed by atoms with E-state index in [1.54, 1.807) is 12.1 Å². The average Bonchev–Trinajstić information content (AvgIpc) is 3.06. The predicted molar refractivity (Wildman–Crippen MR) is 176 cm³/mol. The molecule has 47 heavy (non-hydrogen) atoms. The van der Waals surface area contributed by atoms with E-state index >= 15 is 0 Å². The molecule has 2 unspecified atom stereocenters. The maximum absolute atomic E-state index is 14.5. The topological polar surface area (TPSA) is 86.8 Å². The Morgan fingerprint density at radius 1 is 0.851 bits per heavy atom. The number of benzene rings is 4. The molecule has 0 heterocycles. The third-order valence-corrected chi connectivity index (χ3v) is 9.73. The number of nitrogens with zero attached hydrogens (tertiary/aromatic N) is 2. The van der Waals surface area contributed by atoms with Crippen LogP contribution in [-0.2, 0) is 38.8 Å². The van der Waals surface area contributed by atoms with Crippen molar-refractivity contribution in [1.29, 1.82) is 0 Å². The predicted octanol–water partition coefficient (Wildman–Crippen LogP) is 6.76. The van der Waals surface area contributed by atoms with Crippen molar-refractivity contribution in [2.75, 3.05) is 10.8 Å². The molecular weight excluding hydrogens is 627 g/mol. The van der Waals surface area contributed by atoms with Crippen molar-refractivity contribution in [2.45, 2.75) is 63.3 Å². The lowest BCUT2D eigenvalue weighted by atomic mass is 10.0. The van der Waals surface area contributed by atoms with Crippen LogP contribution in [-0.4, -0.2) is 43.8 Å². The number of rotatable bonds is 13. The number of nitrogens with one attached hydrogen (secondary N) is 1. The van der Waals surface area contributed by atoms with Crippen LogP contribution in [0.2, 0.25) is 0 Å². The fraction of sp³-hybridized carbons (Fsp3) is 0.278. The Labute approximate surface area is 274 Å². The maximum Gasteiger partial charge on any atom is 0.416 e. The molecule has 11 heteroatoms. The summed E-state index contributed by atoms with van der Waals surface area (Å²) in [7, 11) is -4.54. The quantitative estimate of drug-likeness (QED) is 0.171. The van der Waals surface area contributed by atoms with E-state index in [0.717, 1.165) is 28.8 Å². The van der Waals surface area contributed by atoms with Gasteiger partial charge in [-0.3, -0.25) is 13.9 Å². The average molecular weight is 666 g/mol. The van der Waals surface area contributed by atoms with Crippen molar-refractivity contribution in [3.63, 3.8) is 0 Å². The Hall–Kier alpha value is -4.64. The van der Waals surface area contributed by atoms with Crippen LogP contribution in [0.15, 0.2) is 114 Å². The molecule has 4 aromatic rings. The van der Waals surface area contributed by atoms with Gasteiger partial charge in [0.15, 0.2) is 0 Å². The first-order chi connectivity index (χ1) is 22.3. The van der Waals surface area contributed by atoms with Crippen LogP contribution in [0.25, 0.3) is 0 Å². The molecule has 0 spiro atoms. The largest absolute Gasteiger partial charge is 0.416 e. The second-order valence-electron chi connectivity index (χ2n) is 11.3. The fourth-order valence-corrected chi connectivity index (χ4v) is 6.48. The van der Waals surface area contributed by atoms with Crippen molar-refractivity contribution >= 4 is 27.5 Å². The van der Waals surface area contributed by atoms with Crippen LogP contribution in [0.4, 0.5) is 18.9 Å². The zero-order valence-electron chi connectivity index (χ0n) is 26.4. The van der Waals surface area contributed by atoms with E-state index in [0.29, 0.717) is 16.8 Å². The second kappa shape index (κ2) is 15.3. The van der Waals surface area contributed by atoms with E-state index in [2.05, 4.69) is 5.32 Å². The summed E-state index contributed by atoms with van der Waals surface area (Å²) in [5.41, 5.74) is 0.939. The van der Waals surface area contributed by atoms with Gasteiger partial charge >= 0.3 is 6.18 Å². The Balaban J connectivity index is 1.85. The van der Waals surface area contributed by atoms with Crippen molar-refractivity contribution < 1.29 is 31.2 Å². The SMILES string of the molecule is CCC(C)NC(=O)C(Cc1ccccc1)N(Cc1ccccc1C)C(=O)CN(c1cccc(C(F)(F)F)c1)S(=O)(=O)c1ccccc1. The number of aryl methyl sites for hydroxylation is 1. The first kappa shape index (κ1) is 35.2. The van der Waals surface area contributed by atoms with Crippen LogP contribution < -0.4 is 9.62 Å². The van der Waals surface area contributed by atoms with E-state index < -0.39 is 46.2 Å². The number of halogens is 3. The molecule has 2 atom stereocenters. The molecule has 7 nitrogen and oxygen atoms in total. The van der Waals surface area contributed by atoms with Crippen LogP contribution in [0.5, 0.6) is 0 Å². The van der Waals surface area contributed by atoms with Crippen molar-refractivity contribution in [3.05, 3.63) is 131 Å². The fourth-order valence-electron chi connectivity index (χ4n) is 5.05. The highest BCUT2D eigenvalue weighted by molar-refractivity contribution is 7.92. The lowest BCUT2D eigenvalue weighted by Crippen LogP contribution is -2.54. The number of sulfonamides is 1. The highest BCUT2D eigenvalue weighted by atomic mass is 32.2. The van der Waals surface area contributed by atoms with Crippen LogP contribution in [0, 0.1) is 6.92 Å². The third kappa shape index (κ3) is 9.00. The first-order valence-corrected chi connectivity index (χ1v) is 16.7. The van der Waals surface area contributed by atoms with Gasteiger partial charge in [-0.2, -0.15) is 13.2 Å². The zero-order valence-corrected chi connectivity index (χ0v) is 27.3. The summed E-state index contributed by atoms with van der Waals surface area (Å²) in [5, 5.41) is 2.96. The molecule has 4 aromatic carbocycles. The Kier molecular flexibility index (Phi) is 11.5. The van der Waals surface area contributed by atoms with Gasteiger partial charge in [-0.15, -0.1) is 0 Å². The van der Waals surface area contributed by atoms with Gasteiger partial charge in [0, 0.05) is 19.0 Å². The van der Waals surface area contributed by atoms with Gasteiger partial charge in [0.05, 0.1) is 16.1 Å². The Morgan fingerprint density at radius 3 is 2.09 bits per heavy atom. The van der Waals surface area contributed by atoms with Crippen molar-refractivity contribution in [1.82, 2.24) is 10.2 Å². The van der Waals surface area contributed by atoms with E-state index in [9.17, 15) is 31.2 Å². The summed E-state index contributed by atoms with van der Waals surface area (Å²) in [6.45, 7) is 4.71. The minimum Gasteiger partial charge on any atom is -0.352 e. The molecule has 0 aliphatic heterocycles. The number of alkyl halides is 3. The number of carbonyl (C=O) groups excluding carboxylic acids is 2. The van der Waals surface area contributed by atoms with Gasteiger partial charge in [0.2, 0.25) is 11.8 Å². The highest BCUT2D eigenvalue weighted by Crippen LogP contribution is 2.33. The number of amides is 2. The number of carbonyl (C=O) groups is 2. The van der Waals surface area contributed by atoms with E-state index in [-0.39, 0.29) is 29.6 Å². The smallest absolute Gasteiger partial charge is 0.352 e. The zero-order chi connectivity index (χ0) is 34.2. The van der Waals surface area contributed by atoms with Crippen molar-refractivity contribution in [2.24, 2.45) is 0 Å². The van der Waals surface area contributed by atoms with Gasteiger partial charge in [-0.1, -0.05) is 85.8 Å². The summed E-state index contributed by atoms with van der Waals surface area (Å²) in [5.74, 6) is -1.19. The summed E-state index contributed by atoms with van der Waals surface area (Å²) < 4.78 is 70.1. The van der Waals surface area contributed by atoms with Gasteiger partial charge < -0.3 is 10.2 Å². The van der Waals surface area contributed by atoms with Crippen LogP contribution >= 0.6 is 0 Å². The molecule has 0 radical (unpaired) electrons. The van der Waals surface area contributed by atoms with E-state index in [4.69, 9.17) is 0 Å². The first-order valence-electron chi connectivity index (χ1n) is 15.2. The van der Waals surface area contributed by atoms with Gasteiger partial charge in [-0.25, -0.2) is 8.42 Å². The molecular formula is C36H38F3N3O4S. The molecule has 0 saturated heterocycles. The molecule has 4 rings (SSSR count). The number of hydrogen-bond acceptors (Lipinski definition) is 4. The molecule has 0 aromatic heterocycles. The van der Waals surface area contributed by atoms with Crippen molar-refractivity contribution in [3.8, 4) is 0 Å².